The van der Waals surface area contributed by atoms with Crippen LogP contribution in [-0.2, 0) is 0 Å². The number of aromatic hydroxyl groups is 2. The van der Waals surface area contributed by atoms with E-state index in [2.05, 4.69) is 0 Å². The highest BCUT2D eigenvalue weighted by Gasteiger charge is 1.99. The summed E-state index contributed by atoms with van der Waals surface area (Å²) >= 11 is 0. The molecule has 0 saturated carbocycles. The van der Waals surface area contributed by atoms with Crippen LogP contribution in [0.5, 0.6) is 11.5 Å². The molecule has 0 fully saturated rings. The molecule has 0 unspecified atom stereocenters. The highest BCUT2D eigenvalue weighted by Crippen LogP contribution is 2.22. The smallest absolute Gasteiger partial charge is 0.235 e. The molecule has 0 bridgehead atoms. The van der Waals surface area contributed by atoms with Crippen molar-refractivity contribution in [3.05, 3.63) is 40.1 Å². The van der Waals surface area contributed by atoms with E-state index < -0.39 is 4.92 Å². The number of nitrogens with zero attached hydrogens (tertiary/aromatic N) is 1. The maximum absolute atomic E-state index is 9.94. The third kappa shape index (κ3) is 2.48. The minimum absolute atomic E-state index is 0.0548. The van der Waals surface area contributed by atoms with E-state index in [0.717, 1.165) is 6.08 Å². The lowest BCUT2D eigenvalue weighted by atomic mass is 10.2. The molecule has 0 aliphatic heterocycles. The summed E-state index contributed by atoms with van der Waals surface area (Å²) in [4.78, 5) is 9.29. The standard InChI is InChI=1S/C8H7NO4/c10-7-1-2-8(11)6(5-7)3-4-9(12)13/h1-5,10-11H/b4-3+. The van der Waals surface area contributed by atoms with Crippen molar-refractivity contribution < 1.29 is 15.1 Å². The number of nitro groups is 1. The van der Waals surface area contributed by atoms with Gasteiger partial charge >= 0.3 is 0 Å². The number of phenols is 2. The number of rotatable bonds is 2. The van der Waals surface area contributed by atoms with Crippen LogP contribution in [-0.4, -0.2) is 15.1 Å². The monoisotopic (exact) mass is 181 g/mol. The first-order valence-electron chi connectivity index (χ1n) is 3.43. The van der Waals surface area contributed by atoms with E-state index in [0.29, 0.717) is 6.20 Å². The van der Waals surface area contributed by atoms with Gasteiger partial charge in [0.05, 0.1) is 4.92 Å². The molecule has 0 spiro atoms. The van der Waals surface area contributed by atoms with Crippen LogP contribution < -0.4 is 0 Å². The molecule has 0 radical (unpaired) electrons. The summed E-state index contributed by atoms with van der Waals surface area (Å²) in [6.45, 7) is 0. The van der Waals surface area contributed by atoms with Gasteiger partial charge in [0.15, 0.2) is 0 Å². The van der Waals surface area contributed by atoms with Gasteiger partial charge in [-0.15, -0.1) is 0 Å². The highest BCUT2D eigenvalue weighted by molar-refractivity contribution is 5.58. The Morgan fingerprint density at radius 1 is 1.38 bits per heavy atom. The molecule has 0 atom stereocenters. The first-order chi connectivity index (χ1) is 6.09. The van der Waals surface area contributed by atoms with E-state index in [-0.39, 0.29) is 17.1 Å². The van der Waals surface area contributed by atoms with E-state index in [1.165, 1.54) is 18.2 Å². The van der Waals surface area contributed by atoms with Crippen LogP contribution in [0.2, 0.25) is 0 Å². The zero-order valence-electron chi connectivity index (χ0n) is 6.54. The van der Waals surface area contributed by atoms with E-state index in [1.54, 1.807) is 0 Å². The molecule has 0 aromatic heterocycles. The number of hydrogen-bond donors (Lipinski definition) is 2. The van der Waals surface area contributed by atoms with Gasteiger partial charge in [-0.05, 0) is 18.2 Å². The predicted molar refractivity (Wildman–Crippen MR) is 45.8 cm³/mol. The fourth-order valence-electron chi connectivity index (χ4n) is 0.817. The topological polar surface area (TPSA) is 83.6 Å². The largest absolute Gasteiger partial charge is 0.508 e. The third-order valence-corrected chi connectivity index (χ3v) is 1.39. The Morgan fingerprint density at radius 2 is 2.08 bits per heavy atom. The lowest BCUT2D eigenvalue weighted by molar-refractivity contribution is -0.400. The van der Waals surface area contributed by atoms with Crippen molar-refractivity contribution >= 4 is 6.08 Å². The van der Waals surface area contributed by atoms with Crippen LogP contribution in [0.4, 0.5) is 0 Å². The number of hydrogen-bond acceptors (Lipinski definition) is 4. The van der Waals surface area contributed by atoms with Gasteiger partial charge in [0, 0.05) is 11.6 Å². The SMILES string of the molecule is O=[N+]([O-])/C=C/c1cc(O)ccc1O. The van der Waals surface area contributed by atoms with Gasteiger partial charge in [-0.3, -0.25) is 10.1 Å². The maximum atomic E-state index is 9.94. The lowest BCUT2D eigenvalue weighted by Gasteiger charge is -1.97. The molecule has 0 aliphatic rings. The van der Waals surface area contributed by atoms with E-state index in [9.17, 15) is 10.1 Å². The van der Waals surface area contributed by atoms with Crippen LogP contribution >= 0.6 is 0 Å². The first-order valence-corrected chi connectivity index (χ1v) is 3.43. The molecule has 5 nitrogen and oxygen atoms in total. The van der Waals surface area contributed by atoms with Gasteiger partial charge in [-0.1, -0.05) is 0 Å². The molecule has 0 aliphatic carbocycles. The fraction of sp³-hybridized carbons (Fsp3) is 0. The second kappa shape index (κ2) is 3.57. The molecule has 0 saturated heterocycles. The fourth-order valence-corrected chi connectivity index (χ4v) is 0.817. The molecule has 0 amide bonds. The number of benzene rings is 1. The molecule has 1 aromatic carbocycles. The Labute approximate surface area is 73.7 Å². The van der Waals surface area contributed by atoms with Crippen molar-refractivity contribution in [2.24, 2.45) is 0 Å². The van der Waals surface area contributed by atoms with E-state index in [1.807, 2.05) is 0 Å². The second-order valence-electron chi connectivity index (χ2n) is 2.34. The lowest BCUT2D eigenvalue weighted by Crippen LogP contribution is -1.82. The second-order valence-corrected chi connectivity index (χ2v) is 2.34. The summed E-state index contributed by atoms with van der Waals surface area (Å²) in [5.41, 5.74) is 0.205. The van der Waals surface area contributed by atoms with Gasteiger partial charge in [0.1, 0.15) is 11.5 Å². The van der Waals surface area contributed by atoms with E-state index >= 15 is 0 Å². The summed E-state index contributed by atoms with van der Waals surface area (Å²) in [7, 11) is 0. The highest BCUT2D eigenvalue weighted by atomic mass is 16.6. The van der Waals surface area contributed by atoms with Crippen LogP contribution in [0.15, 0.2) is 24.4 Å². The molecular formula is C8H7NO4. The van der Waals surface area contributed by atoms with Crippen molar-refractivity contribution in [2.45, 2.75) is 0 Å². The van der Waals surface area contributed by atoms with Gasteiger partial charge in [0.25, 0.3) is 0 Å². The predicted octanol–water partition coefficient (Wildman–Crippen LogP) is 1.35. The molecule has 1 rings (SSSR count). The Morgan fingerprint density at radius 3 is 2.69 bits per heavy atom. The van der Waals surface area contributed by atoms with Crippen LogP contribution in [0.1, 0.15) is 5.56 Å². The van der Waals surface area contributed by atoms with E-state index in [4.69, 9.17) is 10.2 Å². The summed E-state index contributed by atoms with van der Waals surface area (Å²) in [6.07, 6.45) is 1.80. The average Bonchev–Trinajstić information content (AvgIpc) is 2.06. The van der Waals surface area contributed by atoms with Crippen LogP contribution in [0.3, 0.4) is 0 Å². The zero-order chi connectivity index (χ0) is 9.84. The maximum Gasteiger partial charge on any atom is 0.235 e. The van der Waals surface area contributed by atoms with Gasteiger partial charge in [-0.2, -0.15) is 0 Å². The quantitative estimate of drug-likeness (QED) is 0.409. The minimum Gasteiger partial charge on any atom is -0.508 e. The first kappa shape index (κ1) is 9.05. The van der Waals surface area contributed by atoms with Crippen molar-refractivity contribution in [1.82, 2.24) is 0 Å². The van der Waals surface area contributed by atoms with Gasteiger partial charge in [0.2, 0.25) is 6.20 Å². The summed E-state index contributed by atoms with van der Waals surface area (Å²) in [6, 6.07) is 3.78. The Bertz CT molecular complexity index is 359. The minimum atomic E-state index is -0.649. The normalized spacial score (nSPS) is 10.5. The Kier molecular flexibility index (Phi) is 2.49. The molecule has 2 N–H and O–H groups in total. The number of phenolic OH excluding ortho intramolecular Hbond substituents is 2. The molecule has 1 aromatic rings. The molecular weight excluding hydrogens is 174 g/mol. The zero-order valence-corrected chi connectivity index (χ0v) is 6.54. The van der Waals surface area contributed by atoms with Crippen molar-refractivity contribution in [2.75, 3.05) is 0 Å². The van der Waals surface area contributed by atoms with Crippen LogP contribution in [0, 0.1) is 10.1 Å². The average molecular weight is 181 g/mol. The van der Waals surface area contributed by atoms with Crippen molar-refractivity contribution in [3.63, 3.8) is 0 Å². The van der Waals surface area contributed by atoms with Crippen molar-refractivity contribution in [1.29, 1.82) is 0 Å². The van der Waals surface area contributed by atoms with Gasteiger partial charge < -0.3 is 10.2 Å². The van der Waals surface area contributed by atoms with Gasteiger partial charge in [-0.25, -0.2) is 0 Å². The Balaban J connectivity index is 3.00. The van der Waals surface area contributed by atoms with Crippen LogP contribution in [0.25, 0.3) is 6.08 Å². The molecule has 5 heteroatoms. The molecule has 68 valence electrons. The summed E-state index contributed by atoms with van der Waals surface area (Å²) in [5.74, 6) is -0.170. The summed E-state index contributed by atoms with van der Waals surface area (Å²) < 4.78 is 0. The van der Waals surface area contributed by atoms with Crippen molar-refractivity contribution in [3.8, 4) is 11.5 Å². The molecule has 13 heavy (non-hydrogen) atoms. The third-order valence-electron chi connectivity index (χ3n) is 1.39. The summed E-state index contributed by atoms with van der Waals surface area (Å²) in [5, 5.41) is 28.1. The Hall–Kier alpha value is -2.04. The molecule has 0 heterocycles.